The Hall–Kier alpha value is -2.62. The number of anilines is 1. The molecule has 1 aliphatic carbocycles. The van der Waals surface area contributed by atoms with E-state index in [9.17, 15) is 9.59 Å². The summed E-state index contributed by atoms with van der Waals surface area (Å²) in [4.78, 5) is 23.8. The first-order valence-corrected chi connectivity index (χ1v) is 8.38. The minimum Gasteiger partial charge on any atom is -0.359 e. The topological polar surface area (TPSA) is 58.2 Å². The average Bonchev–Trinajstić information content (AvgIpc) is 2.62. The lowest BCUT2D eigenvalue weighted by Gasteiger charge is -2.16. The zero-order chi connectivity index (χ0) is 16.9. The zero-order valence-electron chi connectivity index (χ0n) is 13.9. The van der Waals surface area contributed by atoms with Crippen LogP contribution >= 0.6 is 0 Å². The van der Waals surface area contributed by atoms with Gasteiger partial charge in [-0.05, 0) is 66.6 Å². The largest absolute Gasteiger partial charge is 0.359 e. The average molecular weight is 322 g/mol. The Morgan fingerprint density at radius 3 is 2.38 bits per heavy atom. The lowest BCUT2D eigenvalue weighted by Crippen LogP contribution is -2.19. The van der Waals surface area contributed by atoms with Gasteiger partial charge in [0.25, 0.3) is 5.91 Å². The van der Waals surface area contributed by atoms with Crippen LogP contribution in [0.25, 0.3) is 0 Å². The number of rotatable bonds is 4. The Labute approximate surface area is 142 Å². The monoisotopic (exact) mass is 322 g/mol. The van der Waals surface area contributed by atoms with Crippen molar-refractivity contribution in [2.45, 2.75) is 32.1 Å². The van der Waals surface area contributed by atoms with Crippen LogP contribution in [0.15, 0.2) is 42.5 Å². The van der Waals surface area contributed by atoms with Crippen molar-refractivity contribution in [1.29, 1.82) is 0 Å². The summed E-state index contributed by atoms with van der Waals surface area (Å²) in [6.07, 6.45) is 4.95. The SMILES string of the molecule is CNC(=O)Cc1ccc(NC(=O)c2ccc3c(c2)CCCC3)cc1. The highest BCUT2D eigenvalue weighted by Gasteiger charge is 2.13. The normalized spacial score (nSPS) is 13.0. The predicted molar refractivity (Wildman–Crippen MR) is 95.2 cm³/mol. The molecular formula is C20H22N2O2. The fourth-order valence-electron chi connectivity index (χ4n) is 3.06. The first-order chi connectivity index (χ1) is 11.7. The molecule has 124 valence electrons. The van der Waals surface area contributed by atoms with Gasteiger partial charge in [0, 0.05) is 18.3 Å². The van der Waals surface area contributed by atoms with Gasteiger partial charge in [-0.1, -0.05) is 18.2 Å². The van der Waals surface area contributed by atoms with Gasteiger partial charge >= 0.3 is 0 Å². The van der Waals surface area contributed by atoms with Crippen LogP contribution in [0.4, 0.5) is 5.69 Å². The Bertz CT molecular complexity index is 751. The number of carbonyl (C=O) groups excluding carboxylic acids is 2. The molecule has 0 spiro atoms. The van der Waals surface area contributed by atoms with Crippen LogP contribution in [0.2, 0.25) is 0 Å². The van der Waals surface area contributed by atoms with Crippen LogP contribution in [0.1, 0.15) is 39.9 Å². The molecule has 0 aliphatic heterocycles. The maximum Gasteiger partial charge on any atom is 0.255 e. The number of benzene rings is 2. The highest BCUT2D eigenvalue weighted by atomic mass is 16.2. The van der Waals surface area contributed by atoms with E-state index in [-0.39, 0.29) is 11.8 Å². The van der Waals surface area contributed by atoms with Crippen molar-refractivity contribution in [1.82, 2.24) is 5.32 Å². The highest BCUT2D eigenvalue weighted by molar-refractivity contribution is 6.04. The van der Waals surface area contributed by atoms with Gasteiger partial charge in [0.15, 0.2) is 0 Å². The molecule has 4 nitrogen and oxygen atoms in total. The number of carbonyl (C=O) groups is 2. The zero-order valence-corrected chi connectivity index (χ0v) is 13.9. The second-order valence-corrected chi connectivity index (χ2v) is 6.19. The molecule has 0 saturated heterocycles. The molecule has 0 aromatic heterocycles. The van der Waals surface area contributed by atoms with Crippen molar-refractivity contribution >= 4 is 17.5 Å². The third-order valence-corrected chi connectivity index (χ3v) is 4.47. The molecule has 0 unspecified atom stereocenters. The van der Waals surface area contributed by atoms with E-state index in [0.717, 1.165) is 24.1 Å². The van der Waals surface area contributed by atoms with Crippen LogP contribution < -0.4 is 10.6 Å². The fraction of sp³-hybridized carbons (Fsp3) is 0.300. The van der Waals surface area contributed by atoms with E-state index in [4.69, 9.17) is 0 Å². The van der Waals surface area contributed by atoms with Crippen LogP contribution in [-0.4, -0.2) is 18.9 Å². The van der Waals surface area contributed by atoms with Crippen LogP contribution in [0.3, 0.4) is 0 Å². The molecule has 0 radical (unpaired) electrons. The van der Waals surface area contributed by atoms with Gasteiger partial charge < -0.3 is 10.6 Å². The third kappa shape index (κ3) is 3.82. The first kappa shape index (κ1) is 16.2. The van der Waals surface area contributed by atoms with Crippen molar-refractivity contribution in [2.24, 2.45) is 0 Å². The van der Waals surface area contributed by atoms with E-state index in [1.54, 1.807) is 7.05 Å². The lowest BCUT2D eigenvalue weighted by molar-refractivity contribution is -0.119. The highest BCUT2D eigenvalue weighted by Crippen LogP contribution is 2.22. The number of hydrogen-bond acceptors (Lipinski definition) is 2. The van der Waals surface area contributed by atoms with Crippen molar-refractivity contribution in [3.05, 3.63) is 64.7 Å². The molecule has 2 amide bonds. The van der Waals surface area contributed by atoms with Crippen molar-refractivity contribution in [3.8, 4) is 0 Å². The summed E-state index contributed by atoms with van der Waals surface area (Å²) in [7, 11) is 1.62. The molecule has 3 rings (SSSR count). The number of nitrogens with one attached hydrogen (secondary N) is 2. The fourth-order valence-corrected chi connectivity index (χ4v) is 3.06. The van der Waals surface area contributed by atoms with Gasteiger partial charge in [-0.2, -0.15) is 0 Å². The van der Waals surface area contributed by atoms with Crippen molar-refractivity contribution in [2.75, 3.05) is 12.4 Å². The quantitative estimate of drug-likeness (QED) is 0.909. The summed E-state index contributed by atoms with van der Waals surface area (Å²) in [6.45, 7) is 0. The van der Waals surface area contributed by atoms with Crippen molar-refractivity contribution in [3.63, 3.8) is 0 Å². The summed E-state index contributed by atoms with van der Waals surface area (Å²) >= 11 is 0. The van der Waals surface area contributed by atoms with Gasteiger partial charge in [-0.15, -0.1) is 0 Å². The Balaban J connectivity index is 1.67. The standard InChI is InChI=1S/C20H22N2O2/c1-21-19(23)12-14-6-10-18(11-7-14)22-20(24)17-9-8-15-4-2-3-5-16(15)13-17/h6-11,13H,2-5,12H2,1H3,(H,21,23)(H,22,24). The molecule has 0 heterocycles. The van der Waals surface area contributed by atoms with E-state index >= 15 is 0 Å². The maximum atomic E-state index is 12.4. The van der Waals surface area contributed by atoms with Gasteiger partial charge in [0.05, 0.1) is 6.42 Å². The summed E-state index contributed by atoms with van der Waals surface area (Å²) in [5.74, 6) is -0.122. The number of aryl methyl sites for hydroxylation is 2. The van der Waals surface area contributed by atoms with E-state index in [2.05, 4.69) is 16.7 Å². The van der Waals surface area contributed by atoms with E-state index in [0.29, 0.717) is 12.0 Å². The molecule has 0 saturated carbocycles. The van der Waals surface area contributed by atoms with E-state index < -0.39 is 0 Å². The minimum absolute atomic E-state index is 0.0270. The Morgan fingerprint density at radius 1 is 0.958 bits per heavy atom. The molecule has 0 fully saturated rings. The van der Waals surface area contributed by atoms with Gasteiger partial charge in [0.1, 0.15) is 0 Å². The van der Waals surface area contributed by atoms with Gasteiger partial charge in [-0.3, -0.25) is 9.59 Å². The molecule has 1 aliphatic rings. The first-order valence-electron chi connectivity index (χ1n) is 8.38. The third-order valence-electron chi connectivity index (χ3n) is 4.47. The maximum absolute atomic E-state index is 12.4. The van der Waals surface area contributed by atoms with Crippen LogP contribution in [0, 0.1) is 0 Å². The second-order valence-electron chi connectivity index (χ2n) is 6.19. The Kier molecular flexibility index (Phi) is 4.94. The molecule has 2 N–H and O–H groups in total. The smallest absolute Gasteiger partial charge is 0.255 e. The molecule has 24 heavy (non-hydrogen) atoms. The predicted octanol–water partition coefficient (Wildman–Crippen LogP) is 3.11. The van der Waals surface area contributed by atoms with Crippen molar-refractivity contribution < 1.29 is 9.59 Å². The summed E-state index contributed by atoms with van der Waals surface area (Å²) < 4.78 is 0. The molecule has 0 atom stereocenters. The minimum atomic E-state index is -0.0950. The van der Waals surface area contributed by atoms with Gasteiger partial charge in [0.2, 0.25) is 5.91 Å². The number of likely N-dealkylation sites (N-methyl/N-ethyl adjacent to an activating group) is 1. The Morgan fingerprint density at radius 2 is 1.67 bits per heavy atom. The molecule has 2 aromatic carbocycles. The second kappa shape index (κ2) is 7.30. The number of hydrogen-bond donors (Lipinski definition) is 2. The van der Waals surface area contributed by atoms with E-state index in [1.165, 1.54) is 24.0 Å². The summed E-state index contributed by atoms with van der Waals surface area (Å²) in [5, 5.41) is 5.52. The summed E-state index contributed by atoms with van der Waals surface area (Å²) in [5.41, 5.74) is 5.02. The number of amides is 2. The van der Waals surface area contributed by atoms with E-state index in [1.807, 2.05) is 36.4 Å². The number of fused-ring (bicyclic) bond motifs is 1. The molecule has 2 aromatic rings. The summed E-state index contributed by atoms with van der Waals surface area (Å²) in [6, 6.07) is 13.4. The molecule has 0 bridgehead atoms. The van der Waals surface area contributed by atoms with Crippen LogP contribution in [-0.2, 0) is 24.1 Å². The lowest BCUT2D eigenvalue weighted by atomic mass is 9.90. The molecular weight excluding hydrogens is 300 g/mol. The molecule has 4 heteroatoms. The van der Waals surface area contributed by atoms with Crippen LogP contribution in [0.5, 0.6) is 0 Å². The van der Waals surface area contributed by atoms with Gasteiger partial charge in [-0.25, -0.2) is 0 Å².